The zero-order valence-corrected chi connectivity index (χ0v) is 14.3. The van der Waals surface area contributed by atoms with Gasteiger partial charge in [0.05, 0.1) is 12.2 Å². The highest BCUT2D eigenvalue weighted by Gasteiger charge is 2.36. The molecule has 23 heavy (non-hydrogen) atoms. The van der Waals surface area contributed by atoms with Gasteiger partial charge in [-0.25, -0.2) is 0 Å². The highest BCUT2D eigenvalue weighted by Crippen LogP contribution is 2.41. The Morgan fingerprint density at radius 3 is 2.74 bits per heavy atom. The van der Waals surface area contributed by atoms with Gasteiger partial charge in [-0.2, -0.15) is 11.3 Å². The van der Waals surface area contributed by atoms with E-state index in [1.807, 2.05) is 31.2 Å². The van der Waals surface area contributed by atoms with Crippen LogP contribution in [0.3, 0.4) is 0 Å². The molecule has 1 aliphatic carbocycles. The first-order valence-corrected chi connectivity index (χ1v) is 9.22. The van der Waals surface area contributed by atoms with E-state index in [1.165, 1.54) is 18.4 Å². The second-order valence-electron chi connectivity index (χ2n) is 6.11. The van der Waals surface area contributed by atoms with Gasteiger partial charge in [-0.1, -0.05) is 25.0 Å². The molecule has 0 bridgehead atoms. The van der Waals surface area contributed by atoms with Crippen molar-refractivity contribution in [3.8, 4) is 5.75 Å². The topological polar surface area (TPSA) is 38.3 Å². The number of carbonyl (C=O) groups excluding carboxylic acids is 1. The molecule has 1 saturated carbocycles. The number of ether oxygens (including phenoxy) is 1. The second-order valence-corrected chi connectivity index (χ2v) is 6.89. The normalized spacial score (nSPS) is 16.2. The molecule has 1 aromatic heterocycles. The molecule has 122 valence electrons. The van der Waals surface area contributed by atoms with Crippen molar-refractivity contribution in [2.75, 3.05) is 13.2 Å². The molecule has 4 heteroatoms. The Morgan fingerprint density at radius 2 is 2.04 bits per heavy atom. The van der Waals surface area contributed by atoms with Crippen molar-refractivity contribution in [3.05, 3.63) is 52.2 Å². The van der Waals surface area contributed by atoms with Crippen molar-refractivity contribution in [1.29, 1.82) is 0 Å². The van der Waals surface area contributed by atoms with Gasteiger partial charge in [0, 0.05) is 12.0 Å². The van der Waals surface area contributed by atoms with Crippen LogP contribution in [-0.4, -0.2) is 19.1 Å². The van der Waals surface area contributed by atoms with Crippen molar-refractivity contribution in [2.24, 2.45) is 0 Å². The first-order chi connectivity index (χ1) is 11.2. The van der Waals surface area contributed by atoms with E-state index in [4.69, 9.17) is 4.74 Å². The van der Waals surface area contributed by atoms with Gasteiger partial charge in [0.2, 0.25) is 0 Å². The average molecular weight is 329 g/mol. The lowest BCUT2D eigenvalue weighted by atomic mass is 9.80. The van der Waals surface area contributed by atoms with E-state index in [0.717, 1.165) is 12.8 Å². The average Bonchev–Trinajstić information content (AvgIpc) is 3.26. The summed E-state index contributed by atoms with van der Waals surface area (Å²) in [6.45, 7) is 3.19. The Balaban J connectivity index is 1.73. The lowest BCUT2D eigenvalue weighted by molar-refractivity contribution is 0.0939. The smallest absolute Gasteiger partial charge is 0.255 e. The molecule has 0 spiro atoms. The van der Waals surface area contributed by atoms with Crippen LogP contribution in [0.5, 0.6) is 5.75 Å². The number of carbonyl (C=O) groups is 1. The maximum atomic E-state index is 12.6. The molecule has 1 N–H and O–H groups in total. The molecule has 3 nitrogen and oxygen atoms in total. The van der Waals surface area contributed by atoms with Gasteiger partial charge < -0.3 is 10.1 Å². The fraction of sp³-hybridized carbons (Fsp3) is 0.421. The van der Waals surface area contributed by atoms with E-state index in [0.29, 0.717) is 24.5 Å². The largest absolute Gasteiger partial charge is 0.493 e. The number of amides is 1. The number of thiophene rings is 1. The molecule has 0 atom stereocenters. The number of hydrogen-bond acceptors (Lipinski definition) is 3. The predicted octanol–water partition coefficient (Wildman–Crippen LogP) is 4.39. The van der Waals surface area contributed by atoms with Crippen LogP contribution in [-0.2, 0) is 5.41 Å². The van der Waals surface area contributed by atoms with E-state index in [1.54, 1.807) is 11.3 Å². The predicted molar refractivity (Wildman–Crippen MR) is 94.4 cm³/mol. The highest BCUT2D eigenvalue weighted by molar-refractivity contribution is 7.08. The molecule has 1 heterocycles. The molecule has 2 aromatic rings. The Kier molecular flexibility index (Phi) is 5.01. The molecule has 1 aromatic carbocycles. The van der Waals surface area contributed by atoms with Crippen LogP contribution < -0.4 is 10.1 Å². The fourth-order valence-corrected chi connectivity index (χ4v) is 4.24. The molecule has 1 amide bonds. The van der Waals surface area contributed by atoms with Gasteiger partial charge in [0.15, 0.2) is 0 Å². The van der Waals surface area contributed by atoms with E-state index < -0.39 is 0 Å². The first-order valence-electron chi connectivity index (χ1n) is 8.28. The SMILES string of the molecule is CCOc1ccccc1C(=O)NCC1(c2ccsc2)CCCC1. The van der Waals surface area contributed by atoms with E-state index in [2.05, 4.69) is 22.1 Å². The van der Waals surface area contributed by atoms with Crippen molar-refractivity contribution in [2.45, 2.75) is 38.0 Å². The van der Waals surface area contributed by atoms with Crippen LogP contribution in [0, 0.1) is 0 Å². The third-order valence-corrected chi connectivity index (χ3v) is 5.40. The van der Waals surface area contributed by atoms with Gasteiger partial charge in [-0.05, 0) is 54.3 Å². The third-order valence-electron chi connectivity index (χ3n) is 4.71. The summed E-state index contributed by atoms with van der Waals surface area (Å²) in [5.74, 6) is 0.610. The van der Waals surface area contributed by atoms with Gasteiger partial charge in [-0.3, -0.25) is 4.79 Å². The van der Waals surface area contributed by atoms with Crippen molar-refractivity contribution in [1.82, 2.24) is 5.32 Å². The molecular formula is C19H23NO2S. The third kappa shape index (κ3) is 3.42. The van der Waals surface area contributed by atoms with Crippen molar-refractivity contribution >= 4 is 17.2 Å². The Labute approximate surface area is 141 Å². The summed E-state index contributed by atoms with van der Waals surface area (Å²) in [5.41, 5.74) is 2.10. The summed E-state index contributed by atoms with van der Waals surface area (Å²) in [5, 5.41) is 7.51. The van der Waals surface area contributed by atoms with Gasteiger partial charge >= 0.3 is 0 Å². The zero-order valence-electron chi connectivity index (χ0n) is 13.5. The Morgan fingerprint density at radius 1 is 1.26 bits per heavy atom. The molecular weight excluding hydrogens is 306 g/mol. The minimum absolute atomic E-state index is 0.0458. The molecule has 0 saturated heterocycles. The Hall–Kier alpha value is -1.81. The molecule has 3 rings (SSSR count). The summed E-state index contributed by atoms with van der Waals surface area (Å²) in [7, 11) is 0. The minimum Gasteiger partial charge on any atom is -0.493 e. The highest BCUT2D eigenvalue weighted by atomic mass is 32.1. The van der Waals surface area contributed by atoms with E-state index >= 15 is 0 Å². The second kappa shape index (κ2) is 7.18. The Bertz CT molecular complexity index is 645. The van der Waals surface area contributed by atoms with Crippen LogP contribution in [0.25, 0.3) is 0 Å². The lowest BCUT2D eigenvalue weighted by Gasteiger charge is -2.29. The molecule has 1 aliphatic rings. The summed E-state index contributed by atoms with van der Waals surface area (Å²) >= 11 is 1.73. The minimum atomic E-state index is -0.0458. The van der Waals surface area contributed by atoms with Crippen LogP contribution >= 0.6 is 11.3 Å². The van der Waals surface area contributed by atoms with E-state index in [9.17, 15) is 4.79 Å². The summed E-state index contributed by atoms with van der Waals surface area (Å²) in [6.07, 6.45) is 4.77. The quantitative estimate of drug-likeness (QED) is 0.853. The van der Waals surface area contributed by atoms with Gasteiger partial charge in [0.1, 0.15) is 5.75 Å². The maximum Gasteiger partial charge on any atom is 0.255 e. The molecule has 0 unspecified atom stereocenters. The number of hydrogen-bond donors (Lipinski definition) is 1. The van der Waals surface area contributed by atoms with Crippen molar-refractivity contribution < 1.29 is 9.53 Å². The number of para-hydroxylation sites is 1. The van der Waals surface area contributed by atoms with Crippen LogP contribution in [0.2, 0.25) is 0 Å². The number of nitrogens with one attached hydrogen (secondary N) is 1. The monoisotopic (exact) mass is 329 g/mol. The fourth-order valence-electron chi connectivity index (χ4n) is 3.47. The van der Waals surface area contributed by atoms with Gasteiger partial charge in [-0.15, -0.1) is 0 Å². The van der Waals surface area contributed by atoms with Crippen molar-refractivity contribution in [3.63, 3.8) is 0 Å². The summed E-state index contributed by atoms with van der Waals surface area (Å²) in [6, 6.07) is 9.65. The summed E-state index contributed by atoms with van der Waals surface area (Å²) < 4.78 is 5.57. The van der Waals surface area contributed by atoms with Crippen LogP contribution in [0.4, 0.5) is 0 Å². The molecule has 0 radical (unpaired) electrons. The number of rotatable bonds is 6. The lowest BCUT2D eigenvalue weighted by Crippen LogP contribution is -2.38. The van der Waals surface area contributed by atoms with Crippen LogP contribution in [0.15, 0.2) is 41.1 Å². The van der Waals surface area contributed by atoms with Gasteiger partial charge in [0.25, 0.3) is 5.91 Å². The maximum absolute atomic E-state index is 12.6. The summed E-state index contributed by atoms with van der Waals surface area (Å²) in [4.78, 5) is 12.6. The molecule has 0 aliphatic heterocycles. The van der Waals surface area contributed by atoms with E-state index in [-0.39, 0.29) is 11.3 Å². The zero-order chi connectivity index (χ0) is 16.1. The van der Waals surface area contributed by atoms with Crippen LogP contribution in [0.1, 0.15) is 48.5 Å². The first kappa shape index (κ1) is 16.1. The molecule has 1 fully saturated rings. The number of benzene rings is 1. The standard InChI is InChI=1S/C19H23NO2S/c1-2-22-17-8-4-3-7-16(17)18(21)20-14-19(10-5-6-11-19)15-9-12-23-13-15/h3-4,7-9,12-13H,2,5-6,10-11,14H2,1H3,(H,20,21).